The lowest BCUT2D eigenvalue weighted by Gasteiger charge is -2.16. The molecule has 2 rings (SSSR count). The van der Waals surface area contributed by atoms with Crippen molar-refractivity contribution in [2.75, 3.05) is 38.6 Å². The molecule has 2 nitrogen and oxygen atoms in total. The molecule has 1 heterocycles. The standard InChI is InChI=1S/C15H24N2/c1-4-17-11-9-14-12-13(7-8-15(14)17)6-5-10-16(2)3/h7-8,12H,4-6,9-11H2,1-3H3. The van der Waals surface area contributed by atoms with E-state index in [1.807, 2.05) is 0 Å². The summed E-state index contributed by atoms with van der Waals surface area (Å²) in [5.74, 6) is 0. The zero-order valence-electron chi connectivity index (χ0n) is 11.4. The Bertz CT molecular complexity index is 371. The number of fused-ring (bicyclic) bond motifs is 1. The predicted molar refractivity (Wildman–Crippen MR) is 74.9 cm³/mol. The van der Waals surface area contributed by atoms with E-state index in [0.717, 1.165) is 6.54 Å². The van der Waals surface area contributed by atoms with Crippen molar-refractivity contribution in [2.24, 2.45) is 0 Å². The lowest BCUT2D eigenvalue weighted by atomic mass is 10.0. The molecule has 0 bridgehead atoms. The maximum Gasteiger partial charge on any atom is 0.0399 e. The van der Waals surface area contributed by atoms with Gasteiger partial charge in [0.25, 0.3) is 0 Å². The van der Waals surface area contributed by atoms with Crippen LogP contribution in [0.25, 0.3) is 0 Å². The van der Waals surface area contributed by atoms with Gasteiger partial charge in [0.15, 0.2) is 0 Å². The lowest BCUT2D eigenvalue weighted by molar-refractivity contribution is 0.400. The van der Waals surface area contributed by atoms with Crippen LogP contribution in [0.5, 0.6) is 0 Å². The van der Waals surface area contributed by atoms with E-state index >= 15 is 0 Å². The summed E-state index contributed by atoms with van der Waals surface area (Å²) in [4.78, 5) is 4.73. The number of nitrogens with zero attached hydrogens (tertiary/aromatic N) is 2. The molecule has 94 valence electrons. The first kappa shape index (κ1) is 12.4. The van der Waals surface area contributed by atoms with Crippen LogP contribution in [-0.4, -0.2) is 38.6 Å². The summed E-state index contributed by atoms with van der Waals surface area (Å²) in [6.45, 7) is 5.75. The van der Waals surface area contributed by atoms with Gasteiger partial charge in [-0.1, -0.05) is 12.1 Å². The first-order chi connectivity index (χ1) is 8.20. The van der Waals surface area contributed by atoms with E-state index in [4.69, 9.17) is 0 Å². The van der Waals surface area contributed by atoms with E-state index in [-0.39, 0.29) is 0 Å². The Balaban J connectivity index is 1.98. The van der Waals surface area contributed by atoms with Crippen molar-refractivity contribution in [1.29, 1.82) is 0 Å². The highest BCUT2D eigenvalue weighted by Crippen LogP contribution is 2.28. The highest BCUT2D eigenvalue weighted by molar-refractivity contribution is 5.59. The topological polar surface area (TPSA) is 6.48 Å². The number of benzene rings is 1. The van der Waals surface area contributed by atoms with Crippen molar-refractivity contribution in [3.05, 3.63) is 29.3 Å². The molecule has 0 atom stereocenters. The van der Waals surface area contributed by atoms with Gasteiger partial charge in [0.05, 0.1) is 0 Å². The van der Waals surface area contributed by atoms with Crippen molar-refractivity contribution in [3.63, 3.8) is 0 Å². The van der Waals surface area contributed by atoms with E-state index in [1.165, 1.54) is 43.6 Å². The monoisotopic (exact) mass is 232 g/mol. The van der Waals surface area contributed by atoms with E-state index in [1.54, 1.807) is 5.56 Å². The fraction of sp³-hybridized carbons (Fsp3) is 0.600. The van der Waals surface area contributed by atoms with Gasteiger partial charge in [-0.25, -0.2) is 0 Å². The minimum atomic E-state index is 1.13. The number of aryl methyl sites for hydroxylation is 1. The highest BCUT2D eigenvalue weighted by Gasteiger charge is 2.17. The van der Waals surface area contributed by atoms with Crippen molar-refractivity contribution in [1.82, 2.24) is 4.90 Å². The molecule has 0 unspecified atom stereocenters. The van der Waals surface area contributed by atoms with Crippen LogP contribution >= 0.6 is 0 Å². The number of rotatable bonds is 5. The summed E-state index contributed by atoms with van der Waals surface area (Å²) < 4.78 is 0. The fourth-order valence-electron chi connectivity index (χ4n) is 2.61. The highest BCUT2D eigenvalue weighted by atomic mass is 15.1. The normalized spacial score (nSPS) is 14.5. The second-order valence-corrected chi connectivity index (χ2v) is 5.20. The first-order valence-corrected chi connectivity index (χ1v) is 6.72. The summed E-state index contributed by atoms with van der Waals surface area (Å²) in [7, 11) is 4.28. The molecule has 1 aromatic rings. The summed E-state index contributed by atoms with van der Waals surface area (Å²) in [6, 6.07) is 7.04. The van der Waals surface area contributed by atoms with Crippen LogP contribution in [0.1, 0.15) is 24.5 Å². The Morgan fingerprint density at radius 1 is 1.29 bits per heavy atom. The van der Waals surface area contributed by atoms with Gasteiger partial charge in [0.1, 0.15) is 0 Å². The fourth-order valence-corrected chi connectivity index (χ4v) is 2.61. The van der Waals surface area contributed by atoms with Crippen LogP contribution in [-0.2, 0) is 12.8 Å². The van der Waals surface area contributed by atoms with Gasteiger partial charge in [0, 0.05) is 18.8 Å². The average molecular weight is 232 g/mol. The van der Waals surface area contributed by atoms with Gasteiger partial charge in [-0.2, -0.15) is 0 Å². The molecule has 1 aromatic carbocycles. The van der Waals surface area contributed by atoms with Crippen LogP contribution in [0.2, 0.25) is 0 Å². The van der Waals surface area contributed by atoms with Gasteiger partial charge in [-0.05, 0) is 64.0 Å². The minimum absolute atomic E-state index is 1.13. The summed E-state index contributed by atoms with van der Waals surface area (Å²) in [6.07, 6.45) is 3.69. The first-order valence-electron chi connectivity index (χ1n) is 6.72. The Labute approximate surface area is 105 Å². The average Bonchev–Trinajstić information content (AvgIpc) is 2.70. The molecule has 1 aliphatic heterocycles. The van der Waals surface area contributed by atoms with Gasteiger partial charge in [-0.3, -0.25) is 0 Å². The van der Waals surface area contributed by atoms with Crippen molar-refractivity contribution < 1.29 is 0 Å². The second kappa shape index (κ2) is 5.54. The summed E-state index contributed by atoms with van der Waals surface area (Å²) >= 11 is 0. The van der Waals surface area contributed by atoms with Gasteiger partial charge < -0.3 is 9.80 Å². The smallest absolute Gasteiger partial charge is 0.0399 e. The Hall–Kier alpha value is -1.02. The van der Waals surface area contributed by atoms with E-state index in [0.29, 0.717) is 0 Å². The van der Waals surface area contributed by atoms with Crippen LogP contribution in [0.4, 0.5) is 5.69 Å². The summed E-state index contributed by atoms with van der Waals surface area (Å²) in [5.41, 5.74) is 4.52. The van der Waals surface area contributed by atoms with E-state index < -0.39 is 0 Å². The maximum absolute atomic E-state index is 2.47. The molecule has 0 fully saturated rings. The summed E-state index contributed by atoms with van der Waals surface area (Å²) in [5, 5.41) is 0. The molecular weight excluding hydrogens is 208 g/mol. The molecule has 2 heteroatoms. The SMILES string of the molecule is CCN1CCc2cc(CCCN(C)C)ccc21. The van der Waals surface area contributed by atoms with Crippen LogP contribution < -0.4 is 4.90 Å². The second-order valence-electron chi connectivity index (χ2n) is 5.20. The molecule has 0 amide bonds. The molecule has 0 spiro atoms. The third-order valence-corrected chi connectivity index (χ3v) is 3.59. The van der Waals surface area contributed by atoms with Crippen LogP contribution in [0.15, 0.2) is 18.2 Å². The molecular formula is C15H24N2. The lowest BCUT2D eigenvalue weighted by Crippen LogP contribution is -2.19. The van der Waals surface area contributed by atoms with Gasteiger partial charge in [0.2, 0.25) is 0 Å². The Morgan fingerprint density at radius 2 is 2.12 bits per heavy atom. The molecule has 1 aliphatic rings. The number of likely N-dealkylation sites (N-methyl/N-ethyl adjacent to an activating group) is 1. The minimum Gasteiger partial charge on any atom is -0.371 e. The Morgan fingerprint density at radius 3 is 2.82 bits per heavy atom. The van der Waals surface area contributed by atoms with Crippen molar-refractivity contribution in [3.8, 4) is 0 Å². The zero-order chi connectivity index (χ0) is 12.3. The van der Waals surface area contributed by atoms with Gasteiger partial charge >= 0.3 is 0 Å². The molecule has 0 aromatic heterocycles. The van der Waals surface area contributed by atoms with E-state index in [2.05, 4.69) is 49.0 Å². The Kier molecular flexibility index (Phi) is 4.06. The van der Waals surface area contributed by atoms with E-state index in [9.17, 15) is 0 Å². The molecule has 0 N–H and O–H groups in total. The number of hydrogen-bond donors (Lipinski definition) is 0. The van der Waals surface area contributed by atoms with Crippen molar-refractivity contribution in [2.45, 2.75) is 26.2 Å². The number of anilines is 1. The molecule has 0 aliphatic carbocycles. The van der Waals surface area contributed by atoms with Gasteiger partial charge in [-0.15, -0.1) is 0 Å². The predicted octanol–water partition coefficient (Wildman–Crippen LogP) is 2.56. The number of hydrogen-bond acceptors (Lipinski definition) is 2. The molecule has 0 radical (unpaired) electrons. The molecule has 0 saturated heterocycles. The largest absolute Gasteiger partial charge is 0.371 e. The molecule has 0 saturated carbocycles. The van der Waals surface area contributed by atoms with Crippen LogP contribution in [0.3, 0.4) is 0 Å². The van der Waals surface area contributed by atoms with Crippen LogP contribution in [0, 0.1) is 0 Å². The quantitative estimate of drug-likeness (QED) is 0.770. The third-order valence-electron chi connectivity index (χ3n) is 3.59. The van der Waals surface area contributed by atoms with Crippen molar-refractivity contribution >= 4 is 5.69 Å². The maximum atomic E-state index is 2.47. The zero-order valence-corrected chi connectivity index (χ0v) is 11.4. The third kappa shape index (κ3) is 3.01. The molecule has 17 heavy (non-hydrogen) atoms.